The molecule has 0 spiro atoms. The average Bonchev–Trinajstić information content (AvgIpc) is 3.01. The summed E-state index contributed by atoms with van der Waals surface area (Å²) >= 11 is 0. The summed E-state index contributed by atoms with van der Waals surface area (Å²) < 4.78 is 0. The molecule has 3 aromatic heterocycles. The van der Waals surface area contributed by atoms with Crippen LogP contribution in [0.4, 0.5) is 0 Å². The third-order valence-corrected chi connectivity index (χ3v) is 6.81. The molecule has 3 heterocycles. The molecule has 0 N–H and O–H groups in total. The molecule has 0 fully saturated rings. The van der Waals surface area contributed by atoms with E-state index in [0.29, 0.717) is 17.5 Å². The Morgan fingerprint density at radius 3 is 1.44 bits per heavy atom. The maximum atomic E-state index is 4.84. The molecule has 0 bridgehead atoms. The molecule has 0 unspecified atom stereocenters. The van der Waals surface area contributed by atoms with Crippen LogP contribution in [-0.2, 0) is 0 Å². The zero-order chi connectivity index (χ0) is 26.2. The van der Waals surface area contributed by atoms with E-state index < -0.39 is 0 Å². The predicted octanol–water partition coefficient (Wildman–Crippen LogP) is 5.89. The standard InChI is InChI=1S/C33H22BN5/c34-28-18-26-16-15-25-17-27(19-35-29(25)30(26)36-20-28)21-11-13-24(14-12-21)33-38-31(22-7-3-1-4-8-22)37-32(39-33)23-9-5-2-6-10-23/h1-20H,34H2. The Hall–Kier alpha value is -5.23. The van der Waals surface area contributed by atoms with E-state index in [2.05, 4.69) is 61.4 Å². The van der Waals surface area contributed by atoms with Crippen LogP contribution in [-0.4, -0.2) is 32.8 Å². The first-order valence-corrected chi connectivity index (χ1v) is 12.8. The summed E-state index contributed by atoms with van der Waals surface area (Å²) in [5.41, 5.74) is 7.94. The zero-order valence-corrected chi connectivity index (χ0v) is 21.3. The zero-order valence-electron chi connectivity index (χ0n) is 21.3. The summed E-state index contributed by atoms with van der Waals surface area (Å²) in [6, 6.07) is 36.9. The van der Waals surface area contributed by atoms with Crippen molar-refractivity contribution in [3.8, 4) is 45.3 Å². The van der Waals surface area contributed by atoms with Gasteiger partial charge in [-0.25, -0.2) is 15.0 Å². The van der Waals surface area contributed by atoms with Crippen LogP contribution in [0.2, 0.25) is 0 Å². The van der Waals surface area contributed by atoms with Crippen LogP contribution in [0.3, 0.4) is 0 Å². The van der Waals surface area contributed by atoms with Crippen molar-refractivity contribution < 1.29 is 0 Å². The van der Waals surface area contributed by atoms with Gasteiger partial charge >= 0.3 is 0 Å². The third kappa shape index (κ3) is 4.42. The number of benzene rings is 4. The second-order valence-electron chi connectivity index (χ2n) is 9.56. The van der Waals surface area contributed by atoms with Gasteiger partial charge in [-0.2, -0.15) is 0 Å². The van der Waals surface area contributed by atoms with Gasteiger partial charge in [0.2, 0.25) is 0 Å². The summed E-state index contributed by atoms with van der Waals surface area (Å²) in [4.78, 5) is 23.9. The fourth-order valence-corrected chi connectivity index (χ4v) is 4.81. The molecule has 182 valence electrons. The number of rotatable bonds is 4. The van der Waals surface area contributed by atoms with Crippen LogP contribution in [0, 0.1) is 0 Å². The minimum atomic E-state index is 0.638. The molecule has 0 aliphatic carbocycles. The van der Waals surface area contributed by atoms with Crippen molar-refractivity contribution in [2.45, 2.75) is 0 Å². The summed E-state index contributed by atoms with van der Waals surface area (Å²) in [7, 11) is 2.05. The molecule has 5 nitrogen and oxygen atoms in total. The third-order valence-electron chi connectivity index (χ3n) is 6.81. The van der Waals surface area contributed by atoms with Crippen molar-refractivity contribution in [3.63, 3.8) is 0 Å². The molecule has 0 aliphatic rings. The smallest absolute Gasteiger partial charge is 0.164 e. The predicted molar refractivity (Wildman–Crippen MR) is 160 cm³/mol. The lowest BCUT2D eigenvalue weighted by molar-refractivity contribution is 1.07. The van der Waals surface area contributed by atoms with Gasteiger partial charge in [0.05, 0.1) is 11.0 Å². The molecule has 0 atom stereocenters. The molecule has 0 radical (unpaired) electrons. The SMILES string of the molecule is Bc1cnc2c(ccc3cc(-c4ccc(-c5nc(-c6ccccc6)nc(-c6ccccc6)n5)cc4)cnc32)c1. The number of nitrogens with zero attached hydrogens (tertiary/aromatic N) is 5. The molecule has 0 amide bonds. The van der Waals surface area contributed by atoms with Crippen LogP contribution in [0.15, 0.2) is 122 Å². The van der Waals surface area contributed by atoms with E-state index in [9.17, 15) is 0 Å². The van der Waals surface area contributed by atoms with Gasteiger partial charge in [0.15, 0.2) is 17.5 Å². The quantitative estimate of drug-likeness (QED) is 0.223. The molecule has 6 heteroatoms. The maximum absolute atomic E-state index is 4.84. The Morgan fingerprint density at radius 1 is 0.410 bits per heavy atom. The first-order valence-electron chi connectivity index (χ1n) is 12.8. The monoisotopic (exact) mass is 499 g/mol. The number of pyridine rings is 2. The number of hydrogen-bond donors (Lipinski definition) is 0. The topological polar surface area (TPSA) is 64.5 Å². The first-order chi connectivity index (χ1) is 19.2. The highest BCUT2D eigenvalue weighted by Crippen LogP contribution is 2.29. The molecule has 0 aliphatic heterocycles. The highest BCUT2D eigenvalue weighted by atomic mass is 15.0. The van der Waals surface area contributed by atoms with E-state index in [1.165, 1.54) is 0 Å². The number of aromatic nitrogens is 5. The highest BCUT2D eigenvalue weighted by Gasteiger charge is 2.13. The van der Waals surface area contributed by atoms with Gasteiger partial charge in [-0.1, -0.05) is 109 Å². The lowest BCUT2D eigenvalue weighted by atomic mass is 9.96. The van der Waals surface area contributed by atoms with Gasteiger partial charge in [-0.05, 0) is 11.6 Å². The second-order valence-corrected chi connectivity index (χ2v) is 9.56. The van der Waals surface area contributed by atoms with Crippen molar-refractivity contribution in [1.29, 1.82) is 0 Å². The summed E-state index contributed by atoms with van der Waals surface area (Å²) in [5, 5.41) is 2.17. The van der Waals surface area contributed by atoms with Crippen molar-refractivity contribution in [3.05, 3.63) is 122 Å². The van der Waals surface area contributed by atoms with Crippen molar-refractivity contribution in [2.24, 2.45) is 0 Å². The van der Waals surface area contributed by atoms with Crippen LogP contribution in [0.1, 0.15) is 0 Å². The average molecular weight is 499 g/mol. The molecular formula is C33H22BN5. The minimum absolute atomic E-state index is 0.638. The number of hydrogen-bond acceptors (Lipinski definition) is 5. The Labute approximate surface area is 226 Å². The van der Waals surface area contributed by atoms with Gasteiger partial charge < -0.3 is 0 Å². The Bertz CT molecular complexity index is 1900. The maximum Gasteiger partial charge on any atom is 0.164 e. The van der Waals surface area contributed by atoms with E-state index in [1.807, 2.05) is 73.1 Å². The lowest BCUT2D eigenvalue weighted by Crippen LogP contribution is -2.02. The largest absolute Gasteiger partial charge is 0.255 e. The van der Waals surface area contributed by atoms with E-state index in [-0.39, 0.29) is 0 Å². The molecule has 4 aromatic carbocycles. The summed E-state index contributed by atoms with van der Waals surface area (Å²) in [6.07, 6.45) is 3.81. The van der Waals surface area contributed by atoms with Gasteiger partial charge in [0.25, 0.3) is 0 Å². The van der Waals surface area contributed by atoms with Gasteiger partial charge in [0, 0.05) is 45.4 Å². The van der Waals surface area contributed by atoms with Crippen LogP contribution in [0.5, 0.6) is 0 Å². The second kappa shape index (κ2) is 9.58. The van der Waals surface area contributed by atoms with Gasteiger partial charge in [0.1, 0.15) is 7.85 Å². The molecule has 7 aromatic rings. The van der Waals surface area contributed by atoms with Crippen molar-refractivity contribution in [1.82, 2.24) is 24.9 Å². The molecule has 7 rings (SSSR count). The highest BCUT2D eigenvalue weighted by molar-refractivity contribution is 6.33. The van der Waals surface area contributed by atoms with Crippen LogP contribution in [0.25, 0.3) is 67.1 Å². The molecule has 0 saturated carbocycles. The Balaban J connectivity index is 1.28. The Morgan fingerprint density at radius 2 is 0.872 bits per heavy atom. The van der Waals surface area contributed by atoms with Crippen LogP contribution < -0.4 is 5.46 Å². The van der Waals surface area contributed by atoms with E-state index in [0.717, 1.165) is 55.1 Å². The normalized spacial score (nSPS) is 11.2. The lowest BCUT2D eigenvalue weighted by Gasteiger charge is -2.09. The van der Waals surface area contributed by atoms with Gasteiger partial charge in [-0.15, -0.1) is 0 Å². The molecule has 39 heavy (non-hydrogen) atoms. The minimum Gasteiger partial charge on any atom is -0.255 e. The Kier molecular flexibility index (Phi) is 5.63. The fraction of sp³-hybridized carbons (Fsp3) is 0. The summed E-state index contributed by atoms with van der Waals surface area (Å²) in [6.45, 7) is 0. The van der Waals surface area contributed by atoms with E-state index in [1.54, 1.807) is 0 Å². The molecular weight excluding hydrogens is 477 g/mol. The van der Waals surface area contributed by atoms with Crippen LogP contribution >= 0.6 is 0 Å². The van der Waals surface area contributed by atoms with Gasteiger partial charge in [-0.3, -0.25) is 9.97 Å². The molecule has 0 saturated heterocycles. The van der Waals surface area contributed by atoms with E-state index >= 15 is 0 Å². The van der Waals surface area contributed by atoms with E-state index in [4.69, 9.17) is 19.9 Å². The fourth-order valence-electron chi connectivity index (χ4n) is 4.81. The number of fused-ring (bicyclic) bond motifs is 3. The first kappa shape index (κ1) is 22.9. The summed E-state index contributed by atoms with van der Waals surface area (Å²) in [5.74, 6) is 1.94. The van der Waals surface area contributed by atoms with Crippen molar-refractivity contribution in [2.75, 3.05) is 0 Å². The van der Waals surface area contributed by atoms with Crippen molar-refractivity contribution >= 4 is 35.1 Å².